The summed E-state index contributed by atoms with van der Waals surface area (Å²) in [6, 6.07) is 3.47. The monoisotopic (exact) mass is 297 g/mol. The lowest BCUT2D eigenvalue weighted by molar-refractivity contribution is 0.355. The van der Waals surface area contributed by atoms with E-state index in [4.69, 9.17) is 25.6 Å². The van der Waals surface area contributed by atoms with Crippen molar-refractivity contribution in [1.29, 1.82) is 0 Å². The molecule has 0 unspecified atom stereocenters. The molecule has 0 fully saturated rings. The first kappa shape index (κ1) is 14.6. The van der Waals surface area contributed by atoms with Gasteiger partial charge < -0.3 is 19.3 Å². The number of rotatable bonds is 6. The van der Waals surface area contributed by atoms with Crippen LogP contribution in [0.4, 0.5) is 0 Å². The molecule has 0 saturated heterocycles. The van der Waals surface area contributed by atoms with Gasteiger partial charge in [-0.15, -0.1) is 0 Å². The van der Waals surface area contributed by atoms with Gasteiger partial charge in [0.25, 0.3) is 0 Å². The second-order valence-electron chi connectivity index (χ2n) is 3.99. The molecule has 0 aliphatic rings. The molecule has 0 radical (unpaired) electrons. The lowest BCUT2D eigenvalue weighted by Crippen LogP contribution is -2.11. The highest BCUT2D eigenvalue weighted by atomic mass is 35.5. The molecule has 108 valence electrons. The minimum Gasteiger partial charge on any atom is -0.493 e. The molecule has 20 heavy (non-hydrogen) atoms. The van der Waals surface area contributed by atoms with E-state index < -0.39 is 0 Å². The molecule has 2 rings (SSSR count). The minimum atomic E-state index is 0.430. The molecule has 0 saturated carbocycles. The molecule has 1 aromatic heterocycles. The van der Waals surface area contributed by atoms with E-state index in [1.807, 2.05) is 6.92 Å². The zero-order chi connectivity index (χ0) is 14.5. The van der Waals surface area contributed by atoms with Crippen LogP contribution in [0.3, 0.4) is 0 Å². The van der Waals surface area contributed by atoms with Crippen LogP contribution in [0, 0.1) is 0 Å². The van der Waals surface area contributed by atoms with Gasteiger partial charge in [0.1, 0.15) is 0 Å². The van der Waals surface area contributed by atoms with Crippen LogP contribution in [0.15, 0.2) is 16.7 Å². The second-order valence-corrected chi connectivity index (χ2v) is 4.39. The highest BCUT2D eigenvalue weighted by Crippen LogP contribution is 2.38. The molecule has 0 spiro atoms. The van der Waals surface area contributed by atoms with Gasteiger partial charge in [-0.3, -0.25) is 0 Å². The third kappa shape index (κ3) is 3.02. The smallest absolute Gasteiger partial charge is 0.240 e. The van der Waals surface area contributed by atoms with E-state index in [9.17, 15) is 0 Å². The number of methoxy groups -OCH3 is 2. The maximum atomic E-state index is 6.15. The van der Waals surface area contributed by atoms with E-state index in [0.29, 0.717) is 40.3 Å². The van der Waals surface area contributed by atoms with Crippen molar-refractivity contribution >= 4 is 11.6 Å². The zero-order valence-corrected chi connectivity index (χ0v) is 12.3. The molecular weight excluding hydrogens is 282 g/mol. The summed E-state index contributed by atoms with van der Waals surface area (Å²) in [6.45, 7) is 3.37. The van der Waals surface area contributed by atoms with Gasteiger partial charge in [0.2, 0.25) is 11.7 Å². The van der Waals surface area contributed by atoms with Crippen molar-refractivity contribution in [2.45, 2.75) is 13.5 Å². The SMILES string of the molecule is CCNCc1nc(-c2cc(Cl)c(OC)c(OC)c2)no1. The van der Waals surface area contributed by atoms with Gasteiger partial charge in [-0.2, -0.15) is 4.98 Å². The van der Waals surface area contributed by atoms with Crippen molar-refractivity contribution in [3.8, 4) is 22.9 Å². The number of halogens is 1. The minimum absolute atomic E-state index is 0.430. The maximum Gasteiger partial charge on any atom is 0.240 e. The topological polar surface area (TPSA) is 69.4 Å². The average Bonchev–Trinajstić information content (AvgIpc) is 2.93. The number of aromatic nitrogens is 2. The van der Waals surface area contributed by atoms with E-state index in [1.54, 1.807) is 19.2 Å². The van der Waals surface area contributed by atoms with Crippen LogP contribution < -0.4 is 14.8 Å². The maximum absolute atomic E-state index is 6.15. The summed E-state index contributed by atoms with van der Waals surface area (Å²) in [5, 5.41) is 7.48. The number of benzene rings is 1. The third-order valence-corrected chi connectivity index (χ3v) is 2.97. The fourth-order valence-corrected chi connectivity index (χ4v) is 2.01. The lowest BCUT2D eigenvalue weighted by atomic mass is 10.2. The third-order valence-electron chi connectivity index (χ3n) is 2.69. The summed E-state index contributed by atoms with van der Waals surface area (Å²) < 4.78 is 15.6. The van der Waals surface area contributed by atoms with E-state index in [2.05, 4.69) is 15.5 Å². The molecule has 1 aromatic carbocycles. The molecular formula is C13H16ClN3O3. The van der Waals surface area contributed by atoms with Gasteiger partial charge in [-0.25, -0.2) is 0 Å². The summed E-state index contributed by atoms with van der Waals surface area (Å²) in [5.74, 6) is 1.98. The van der Waals surface area contributed by atoms with Gasteiger partial charge in [0.15, 0.2) is 11.5 Å². The Hall–Kier alpha value is -1.79. The standard InChI is InChI=1S/C13H16ClN3O3/c1-4-15-7-11-16-13(17-20-11)8-5-9(14)12(19-3)10(6-8)18-2/h5-6,15H,4,7H2,1-3H3. The number of hydrogen-bond donors (Lipinski definition) is 1. The number of nitrogens with one attached hydrogen (secondary N) is 1. The summed E-state index contributed by atoms with van der Waals surface area (Å²) in [4.78, 5) is 4.29. The summed E-state index contributed by atoms with van der Waals surface area (Å²) in [5.41, 5.74) is 0.708. The normalized spacial score (nSPS) is 10.6. The molecule has 2 aromatic rings. The highest BCUT2D eigenvalue weighted by molar-refractivity contribution is 6.32. The molecule has 1 heterocycles. The molecule has 7 heteroatoms. The van der Waals surface area contributed by atoms with E-state index >= 15 is 0 Å². The molecule has 0 bridgehead atoms. The first-order valence-electron chi connectivity index (χ1n) is 6.14. The molecule has 0 atom stereocenters. The lowest BCUT2D eigenvalue weighted by Gasteiger charge is -2.10. The van der Waals surface area contributed by atoms with E-state index in [-0.39, 0.29) is 0 Å². The van der Waals surface area contributed by atoms with Crippen molar-refractivity contribution in [3.63, 3.8) is 0 Å². The van der Waals surface area contributed by atoms with Crippen LogP contribution in [0.5, 0.6) is 11.5 Å². The van der Waals surface area contributed by atoms with Crippen molar-refractivity contribution < 1.29 is 14.0 Å². The van der Waals surface area contributed by atoms with Gasteiger partial charge in [0, 0.05) is 5.56 Å². The Morgan fingerprint density at radius 3 is 2.75 bits per heavy atom. The largest absolute Gasteiger partial charge is 0.493 e. The van der Waals surface area contributed by atoms with E-state index in [0.717, 1.165) is 6.54 Å². The van der Waals surface area contributed by atoms with Gasteiger partial charge in [-0.1, -0.05) is 23.7 Å². The molecule has 0 amide bonds. The van der Waals surface area contributed by atoms with Crippen molar-refractivity contribution in [1.82, 2.24) is 15.5 Å². The molecule has 1 N–H and O–H groups in total. The first-order chi connectivity index (χ1) is 9.69. The highest BCUT2D eigenvalue weighted by Gasteiger charge is 2.15. The predicted molar refractivity (Wildman–Crippen MR) is 75.2 cm³/mol. The summed E-state index contributed by atoms with van der Waals surface area (Å²) >= 11 is 6.15. The first-order valence-corrected chi connectivity index (χ1v) is 6.52. The Morgan fingerprint density at radius 1 is 1.30 bits per heavy atom. The van der Waals surface area contributed by atoms with Crippen LogP contribution >= 0.6 is 11.6 Å². The van der Waals surface area contributed by atoms with Gasteiger partial charge >= 0.3 is 0 Å². The van der Waals surface area contributed by atoms with E-state index in [1.165, 1.54) is 7.11 Å². The summed E-state index contributed by atoms with van der Waals surface area (Å²) in [7, 11) is 3.08. The fraction of sp³-hybridized carbons (Fsp3) is 0.385. The number of hydrogen-bond acceptors (Lipinski definition) is 6. The Morgan fingerprint density at radius 2 is 2.10 bits per heavy atom. The van der Waals surface area contributed by atoms with Crippen LogP contribution in [0.2, 0.25) is 5.02 Å². The summed E-state index contributed by atoms with van der Waals surface area (Å²) in [6.07, 6.45) is 0. The van der Waals surface area contributed by atoms with Crippen LogP contribution in [0.1, 0.15) is 12.8 Å². The Kier molecular flexibility index (Phi) is 4.81. The quantitative estimate of drug-likeness (QED) is 0.883. The predicted octanol–water partition coefficient (Wildman–Crippen LogP) is 2.52. The number of ether oxygens (including phenoxy) is 2. The van der Waals surface area contributed by atoms with Crippen molar-refractivity contribution in [2.75, 3.05) is 20.8 Å². The van der Waals surface area contributed by atoms with Crippen molar-refractivity contribution in [3.05, 3.63) is 23.0 Å². The average molecular weight is 298 g/mol. The van der Waals surface area contributed by atoms with Crippen molar-refractivity contribution in [2.24, 2.45) is 0 Å². The Labute approximate surface area is 122 Å². The van der Waals surface area contributed by atoms with Crippen LogP contribution in [-0.4, -0.2) is 30.9 Å². The van der Waals surface area contributed by atoms with Crippen LogP contribution in [0.25, 0.3) is 11.4 Å². The Bertz CT molecular complexity index is 586. The Balaban J connectivity index is 2.32. The van der Waals surface area contributed by atoms with Gasteiger partial charge in [-0.05, 0) is 18.7 Å². The molecule has 6 nitrogen and oxygen atoms in total. The zero-order valence-electron chi connectivity index (χ0n) is 11.6. The van der Waals surface area contributed by atoms with Crippen LogP contribution in [-0.2, 0) is 6.54 Å². The molecule has 0 aliphatic carbocycles. The number of nitrogens with zero attached hydrogens (tertiary/aromatic N) is 2. The van der Waals surface area contributed by atoms with Gasteiger partial charge in [0.05, 0.1) is 25.8 Å². The second kappa shape index (κ2) is 6.58. The molecule has 0 aliphatic heterocycles. The fourth-order valence-electron chi connectivity index (χ4n) is 1.72.